The Morgan fingerprint density at radius 3 is 2.17 bits per heavy atom. The third-order valence-corrected chi connectivity index (χ3v) is 5.99. The minimum absolute atomic E-state index is 0.0177. The van der Waals surface area contributed by atoms with Crippen LogP contribution in [-0.2, 0) is 19.7 Å². The summed E-state index contributed by atoms with van der Waals surface area (Å²) in [6, 6.07) is 14.7. The summed E-state index contributed by atoms with van der Waals surface area (Å²) in [6.07, 6.45) is 1.92. The van der Waals surface area contributed by atoms with E-state index in [9.17, 15) is 9.90 Å². The lowest BCUT2D eigenvalue weighted by molar-refractivity contribution is -0.130. The van der Waals surface area contributed by atoms with E-state index in [0.29, 0.717) is 11.3 Å². The molecule has 2 atom stereocenters. The second-order valence-electron chi connectivity index (χ2n) is 8.63. The standard InChI is InChI=1S/C25H28O5/c1-16(17(12-18-14-28-18)13-19-15-29-19)24(27)30-23-11-7-5-9-21(23)25(2,3)20-8-4-6-10-22(20)26/h4-11,17-19,26H,1,12-15H2,2-3H3. The number of esters is 1. The van der Waals surface area contributed by atoms with Gasteiger partial charge in [-0.3, -0.25) is 0 Å². The lowest BCUT2D eigenvalue weighted by Gasteiger charge is -2.28. The lowest BCUT2D eigenvalue weighted by atomic mass is 9.77. The molecule has 5 nitrogen and oxygen atoms in total. The summed E-state index contributed by atoms with van der Waals surface area (Å²) in [5.74, 6) is 0.237. The van der Waals surface area contributed by atoms with Gasteiger partial charge in [0.25, 0.3) is 0 Å². The molecule has 0 spiro atoms. The van der Waals surface area contributed by atoms with Crippen LogP contribution in [0.5, 0.6) is 11.5 Å². The summed E-state index contributed by atoms with van der Waals surface area (Å²) in [5, 5.41) is 10.4. The minimum Gasteiger partial charge on any atom is -0.508 e. The van der Waals surface area contributed by atoms with Gasteiger partial charge in [-0.15, -0.1) is 0 Å². The number of aromatic hydroxyl groups is 1. The number of carbonyl (C=O) groups is 1. The molecule has 158 valence electrons. The zero-order valence-corrected chi connectivity index (χ0v) is 17.5. The number of carbonyl (C=O) groups excluding carboxylic acids is 1. The molecule has 2 fully saturated rings. The van der Waals surface area contributed by atoms with Crippen molar-refractivity contribution >= 4 is 5.97 Å². The van der Waals surface area contributed by atoms with Crippen LogP contribution >= 0.6 is 0 Å². The first-order valence-electron chi connectivity index (χ1n) is 10.4. The summed E-state index contributed by atoms with van der Waals surface area (Å²) in [6.45, 7) is 9.53. The molecule has 2 saturated heterocycles. The summed E-state index contributed by atoms with van der Waals surface area (Å²) in [4.78, 5) is 13.0. The number of ether oxygens (including phenoxy) is 3. The minimum atomic E-state index is -0.563. The first kappa shape index (κ1) is 20.6. The highest BCUT2D eigenvalue weighted by atomic mass is 16.6. The Balaban J connectivity index is 1.55. The van der Waals surface area contributed by atoms with Crippen molar-refractivity contribution in [2.45, 2.75) is 44.3 Å². The quantitative estimate of drug-likeness (QED) is 0.289. The molecule has 2 aromatic rings. The van der Waals surface area contributed by atoms with Crippen molar-refractivity contribution < 1.29 is 24.1 Å². The Labute approximate surface area is 177 Å². The van der Waals surface area contributed by atoms with Crippen molar-refractivity contribution in [3.63, 3.8) is 0 Å². The number of para-hydroxylation sites is 2. The normalized spacial score (nSPS) is 21.0. The van der Waals surface area contributed by atoms with Crippen molar-refractivity contribution in [1.29, 1.82) is 0 Å². The fourth-order valence-corrected chi connectivity index (χ4v) is 3.97. The highest BCUT2D eigenvalue weighted by Gasteiger charge is 2.36. The van der Waals surface area contributed by atoms with Crippen LogP contribution in [0.3, 0.4) is 0 Å². The summed E-state index contributed by atoms with van der Waals surface area (Å²) in [7, 11) is 0. The van der Waals surface area contributed by atoms with E-state index in [1.807, 2.05) is 44.2 Å². The third-order valence-electron chi connectivity index (χ3n) is 5.99. The lowest BCUT2D eigenvalue weighted by Crippen LogP contribution is -2.24. The molecule has 0 radical (unpaired) electrons. The third kappa shape index (κ3) is 4.58. The molecule has 0 bridgehead atoms. The maximum Gasteiger partial charge on any atom is 0.339 e. The molecule has 2 aromatic carbocycles. The molecule has 5 heteroatoms. The highest BCUT2D eigenvalue weighted by molar-refractivity contribution is 5.90. The van der Waals surface area contributed by atoms with E-state index in [1.165, 1.54) is 0 Å². The Morgan fingerprint density at radius 1 is 1.07 bits per heavy atom. The molecule has 0 aliphatic carbocycles. The molecule has 2 unspecified atom stereocenters. The average molecular weight is 408 g/mol. The molecule has 2 aliphatic rings. The van der Waals surface area contributed by atoms with Crippen molar-refractivity contribution in [3.8, 4) is 11.5 Å². The smallest absolute Gasteiger partial charge is 0.339 e. The van der Waals surface area contributed by atoms with Crippen molar-refractivity contribution in [2.75, 3.05) is 13.2 Å². The largest absolute Gasteiger partial charge is 0.508 e. The number of benzene rings is 2. The monoisotopic (exact) mass is 408 g/mol. The fourth-order valence-electron chi connectivity index (χ4n) is 3.97. The molecule has 0 amide bonds. The molecule has 30 heavy (non-hydrogen) atoms. The van der Waals surface area contributed by atoms with Crippen LogP contribution in [0.15, 0.2) is 60.7 Å². The second kappa shape index (κ2) is 8.25. The van der Waals surface area contributed by atoms with E-state index in [2.05, 4.69) is 6.58 Å². The molecular formula is C25H28O5. The Morgan fingerprint density at radius 2 is 1.60 bits per heavy atom. The Bertz CT molecular complexity index is 926. The van der Waals surface area contributed by atoms with Crippen LogP contribution in [0, 0.1) is 5.92 Å². The van der Waals surface area contributed by atoms with Gasteiger partial charge in [0, 0.05) is 22.1 Å². The van der Waals surface area contributed by atoms with Crippen molar-refractivity contribution in [2.24, 2.45) is 5.92 Å². The van der Waals surface area contributed by atoms with Crippen LogP contribution in [0.2, 0.25) is 0 Å². The van der Waals surface area contributed by atoms with Crippen LogP contribution in [0.1, 0.15) is 37.8 Å². The maximum atomic E-state index is 13.0. The predicted molar refractivity (Wildman–Crippen MR) is 114 cm³/mol. The molecule has 2 heterocycles. The molecule has 0 aromatic heterocycles. The molecule has 0 saturated carbocycles. The van der Waals surface area contributed by atoms with Gasteiger partial charge in [0.05, 0.1) is 25.4 Å². The maximum absolute atomic E-state index is 13.0. The molecule has 1 N–H and O–H groups in total. The van der Waals surface area contributed by atoms with Crippen molar-refractivity contribution in [3.05, 3.63) is 71.8 Å². The highest BCUT2D eigenvalue weighted by Crippen LogP contribution is 2.41. The first-order valence-corrected chi connectivity index (χ1v) is 10.4. The first-order chi connectivity index (χ1) is 14.4. The van der Waals surface area contributed by atoms with Gasteiger partial charge in [-0.25, -0.2) is 4.79 Å². The van der Waals surface area contributed by atoms with Crippen LogP contribution in [0.25, 0.3) is 0 Å². The second-order valence-corrected chi connectivity index (χ2v) is 8.63. The summed E-state index contributed by atoms with van der Waals surface area (Å²) < 4.78 is 16.5. The van der Waals surface area contributed by atoms with Crippen LogP contribution in [0.4, 0.5) is 0 Å². The number of rotatable bonds is 9. The topological polar surface area (TPSA) is 71.6 Å². The zero-order chi connectivity index (χ0) is 21.3. The van der Waals surface area contributed by atoms with Gasteiger partial charge in [-0.2, -0.15) is 0 Å². The number of hydrogen-bond acceptors (Lipinski definition) is 5. The summed E-state index contributed by atoms with van der Waals surface area (Å²) in [5.41, 5.74) is 1.48. The van der Waals surface area contributed by atoms with Crippen LogP contribution < -0.4 is 4.74 Å². The van der Waals surface area contributed by atoms with Gasteiger partial charge in [0.15, 0.2) is 0 Å². The van der Waals surface area contributed by atoms with Gasteiger partial charge in [-0.1, -0.05) is 56.8 Å². The van der Waals surface area contributed by atoms with Crippen LogP contribution in [-0.4, -0.2) is 36.5 Å². The summed E-state index contributed by atoms with van der Waals surface area (Å²) >= 11 is 0. The van der Waals surface area contributed by atoms with Gasteiger partial charge in [0.2, 0.25) is 0 Å². The molecule has 2 aliphatic heterocycles. The number of hydrogen-bond donors (Lipinski definition) is 1. The van der Waals surface area contributed by atoms with E-state index in [-0.39, 0.29) is 23.9 Å². The van der Waals surface area contributed by atoms with Gasteiger partial charge < -0.3 is 19.3 Å². The Kier molecular flexibility index (Phi) is 5.67. The van der Waals surface area contributed by atoms with E-state index in [4.69, 9.17) is 14.2 Å². The number of epoxide rings is 2. The van der Waals surface area contributed by atoms with E-state index < -0.39 is 11.4 Å². The molecule has 4 rings (SSSR count). The van der Waals surface area contributed by atoms with E-state index in [0.717, 1.165) is 37.2 Å². The molecular weight excluding hydrogens is 380 g/mol. The van der Waals surface area contributed by atoms with E-state index in [1.54, 1.807) is 18.2 Å². The SMILES string of the molecule is C=C(C(=O)Oc1ccccc1C(C)(C)c1ccccc1O)C(CC1CO1)CC1CO1. The van der Waals surface area contributed by atoms with Crippen molar-refractivity contribution in [1.82, 2.24) is 0 Å². The predicted octanol–water partition coefficient (Wildman–Crippen LogP) is 4.37. The number of phenols is 1. The average Bonchev–Trinajstić information content (AvgIpc) is 3.64. The van der Waals surface area contributed by atoms with Gasteiger partial charge in [0.1, 0.15) is 11.5 Å². The van der Waals surface area contributed by atoms with Gasteiger partial charge >= 0.3 is 5.97 Å². The fraction of sp³-hybridized carbons (Fsp3) is 0.400. The van der Waals surface area contributed by atoms with Gasteiger partial charge in [-0.05, 0) is 30.9 Å². The van der Waals surface area contributed by atoms with E-state index >= 15 is 0 Å². The Hall–Kier alpha value is -2.63. The zero-order valence-electron chi connectivity index (χ0n) is 17.5. The number of phenolic OH excluding ortho intramolecular Hbond substituents is 1.